The highest BCUT2D eigenvalue weighted by molar-refractivity contribution is 7.99. The first-order valence-corrected chi connectivity index (χ1v) is 9.48. The Balaban J connectivity index is 2.39. The fourth-order valence-corrected chi connectivity index (χ4v) is 3.30. The van der Waals surface area contributed by atoms with Crippen LogP contribution in [0, 0.1) is 22.7 Å². The third-order valence-corrected chi connectivity index (χ3v) is 4.76. The summed E-state index contributed by atoms with van der Waals surface area (Å²) in [5, 5.41) is 19.8. The molecule has 0 radical (unpaired) electrons. The minimum atomic E-state index is 0.0768. The van der Waals surface area contributed by atoms with Gasteiger partial charge in [0, 0.05) is 32.1 Å². The Morgan fingerprint density at radius 3 is 2.43 bits per heavy atom. The Labute approximate surface area is 168 Å². The zero-order valence-corrected chi connectivity index (χ0v) is 16.6. The molecular formula is C19H21N5O3S. The highest BCUT2D eigenvalue weighted by Gasteiger charge is 2.21. The van der Waals surface area contributed by atoms with E-state index in [2.05, 4.69) is 16.0 Å². The Kier molecular flexibility index (Phi) is 8.50. The van der Waals surface area contributed by atoms with Gasteiger partial charge in [-0.25, -0.2) is 4.98 Å². The van der Waals surface area contributed by atoms with Gasteiger partial charge in [0.1, 0.15) is 40.9 Å². The Morgan fingerprint density at radius 2 is 1.82 bits per heavy atom. The van der Waals surface area contributed by atoms with Gasteiger partial charge in [0.15, 0.2) is 0 Å². The van der Waals surface area contributed by atoms with Crippen LogP contribution in [0.2, 0.25) is 0 Å². The second kappa shape index (κ2) is 11.1. The van der Waals surface area contributed by atoms with Crippen LogP contribution in [0.4, 0.5) is 5.82 Å². The molecule has 0 aliphatic rings. The molecule has 2 aromatic rings. The van der Waals surface area contributed by atoms with Crippen molar-refractivity contribution in [1.29, 1.82) is 10.5 Å². The van der Waals surface area contributed by atoms with Crippen molar-refractivity contribution in [1.82, 2.24) is 9.97 Å². The first kappa shape index (κ1) is 21.5. The molecule has 0 fully saturated rings. The topological polar surface area (TPSA) is 127 Å². The van der Waals surface area contributed by atoms with Crippen molar-refractivity contribution in [2.45, 2.75) is 11.4 Å². The Hall–Kier alpha value is -2.85. The molecule has 2 rings (SSSR count). The highest BCUT2D eigenvalue weighted by atomic mass is 32.2. The summed E-state index contributed by atoms with van der Waals surface area (Å²) in [6.45, 7) is 1.47. The third-order valence-electron chi connectivity index (χ3n) is 3.70. The van der Waals surface area contributed by atoms with E-state index in [1.54, 1.807) is 26.4 Å². The van der Waals surface area contributed by atoms with E-state index in [1.807, 2.05) is 6.07 Å². The van der Waals surface area contributed by atoms with Crippen LogP contribution in [0.5, 0.6) is 5.75 Å². The van der Waals surface area contributed by atoms with E-state index in [9.17, 15) is 10.5 Å². The van der Waals surface area contributed by atoms with E-state index in [0.717, 1.165) is 6.42 Å². The molecule has 0 aromatic carbocycles. The largest absolute Gasteiger partial charge is 0.490 e. The van der Waals surface area contributed by atoms with E-state index >= 15 is 0 Å². The van der Waals surface area contributed by atoms with Gasteiger partial charge >= 0.3 is 0 Å². The zero-order chi connectivity index (χ0) is 20.4. The van der Waals surface area contributed by atoms with Crippen LogP contribution < -0.4 is 10.5 Å². The number of hydrogen-bond acceptors (Lipinski definition) is 9. The molecule has 0 saturated heterocycles. The van der Waals surface area contributed by atoms with E-state index in [0.29, 0.717) is 47.6 Å². The molecule has 0 atom stereocenters. The second-order valence-electron chi connectivity index (χ2n) is 5.57. The maximum Gasteiger partial charge on any atom is 0.143 e. The van der Waals surface area contributed by atoms with Crippen LogP contribution in [0.25, 0.3) is 11.3 Å². The molecule has 0 aliphatic heterocycles. The number of pyridine rings is 2. The quantitative estimate of drug-likeness (QED) is 0.473. The van der Waals surface area contributed by atoms with Crippen LogP contribution in [0.15, 0.2) is 23.4 Å². The summed E-state index contributed by atoms with van der Waals surface area (Å²) in [6.07, 6.45) is 2.34. The molecule has 0 saturated carbocycles. The van der Waals surface area contributed by atoms with Crippen LogP contribution in [0.3, 0.4) is 0 Å². The van der Waals surface area contributed by atoms with Gasteiger partial charge in [-0.1, -0.05) is 0 Å². The fraction of sp³-hybridized carbons (Fsp3) is 0.368. The lowest BCUT2D eigenvalue weighted by atomic mass is 10.0. The smallest absolute Gasteiger partial charge is 0.143 e. The maximum absolute atomic E-state index is 9.73. The van der Waals surface area contributed by atoms with Gasteiger partial charge in [0.2, 0.25) is 0 Å². The average molecular weight is 399 g/mol. The molecule has 2 heterocycles. The van der Waals surface area contributed by atoms with Gasteiger partial charge < -0.3 is 19.9 Å². The molecule has 0 aliphatic carbocycles. The molecule has 0 amide bonds. The number of hydrogen-bond donors (Lipinski definition) is 1. The van der Waals surface area contributed by atoms with Gasteiger partial charge in [-0.3, -0.25) is 4.98 Å². The number of rotatable bonds is 10. The maximum atomic E-state index is 9.73. The second-order valence-corrected chi connectivity index (χ2v) is 6.65. The molecule has 0 unspecified atom stereocenters. The summed E-state index contributed by atoms with van der Waals surface area (Å²) in [6, 6.07) is 7.61. The Bertz CT molecular complexity index is 875. The fourth-order valence-electron chi connectivity index (χ4n) is 2.39. The van der Waals surface area contributed by atoms with Crippen molar-refractivity contribution in [2.75, 3.05) is 45.5 Å². The summed E-state index contributed by atoms with van der Waals surface area (Å²) >= 11 is 1.40. The van der Waals surface area contributed by atoms with Crippen LogP contribution in [-0.2, 0) is 9.47 Å². The molecule has 2 aromatic heterocycles. The first-order valence-electron chi connectivity index (χ1n) is 8.49. The number of nitrogen functional groups attached to an aromatic ring is 1. The zero-order valence-electron chi connectivity index (χ0n) is 15.8. The minimum Gasteiger partial charge on any atom is -0.490 e. The first-order chi connectivity index (χ1) is 13.7. The van der Waals surface area contributed by atoms with Gasteiger partial charge in [-0.05, 0) is 18.6 Å². The van der Waals surface area contributed by atoms with Crippen molar-refractivity contribution in [3.63, 3.8) is 0 Å². The van der Waals surface area contributed by atoms with Crippen molar-refractivity contribution >= 4 is 17.6 Å². The monoisotopic (exact) mass is 399 g/mol. The number of anilines is 1. The van der Waals surface area contributed by atoms with Gasteiger partial charge in [0.25, 0.3) is 0 Å². The summed E-state index contributed by atoms with van der Waals surface area (Å²) < 4.78 is 15.5. The van der Waals surface area contributed by atoms with E-state index in [1.165, 1.54) is 18.0 Å². The van der Waals surface area contributed by atoms with Gasteiger partial charge in [0.05, 0.1) is 24.1 Å². The number of ether oxygens (including phenoxy) is 3. The predicted molar refractivity (Wildman–Crippen MR) is 106 cm³/mol. The number of methoxy groups -OCH3 is 2. The predicted octanol–water partition coefficient (Wildman–Crippen LogP) is 2.62. The molecule has 8 nitrogen and oxygen atoms in total. The number of nitrogens with zero attached hydrogens (tertiary/aromatic N) is 4. The van der Waals surface area contributed by atoms with Crippen LogP contribution in [0.1, 0.15) is 17.5 Å². The number of nitriles is 2. The van der Waals surface area contributed by atoms with Gasteiger partial charge in [-0.2, -0.15) is 10.5 Å². The lowest BCUT2D eigenvalue weighted by Crippen LogP contribution is -2.06. The molecule has 0 spiro atoms. The molecule has 2 N–H and O–H groups in total. The Morgan fingerprint density at radius 1 is 1.07 bits per heavy atom. The number of aromatic nitrogens is 2. The third kappa shape index (κ3) is 5.33. The normalized spacial score (nSPS) is 10.3. The van der Waals surface area contributed by atoms with Crippen LogP contribution in [-0.4, -0.2) is 49.8 Å². The lowest BCUT2D eigenvalue weighted by molar-refractivity contribution is 0.146. The van der Waals surface area contributed by atoms with Crippen molar-refractivity contribution in [3.8, 4) is 29.1 Å². The number of nitrogens with two attached hydrogens (primary N) is 1. The minimum absolute atomic E-state index is 0.0768. The van der Waals surface area contributed by atoms with E-state index in [4.69, 9.17) is 19.9 Å². The summed E-state index contributed by atoms with van der Waals surface area (Å²) in [7, 11) is 3.23. The molecule has 0 bridgehead atoms. The highest BCUT2D eigenvalue weighted by Crippen LogP contribution is 2.35. The van der Waals surface area contributed by atoms with Crippen LogP contribution >= 0.6 is 11.8 Å². The standard InChI is InChI=1S/C19H21N5O3S/c1-25-6-3-9-28-19-15(11-21)17(14(10-20)18(22)24-19)16-5-4-13(12-23-16)27-8-7-26-2/h4-5,12H,3,6-9H2,1-2H3,(H2,22,24). The summed E-state index contributed by atoms with van der Waals surface area (Å²) in [5.41, 5.74) is 7.25. The molecule has 28 heavy (non-hydrogen) atoms. The van der Waals surface area contributed by atoms with E-state index in [-0.39, 0.29) is 16.9 Å². The van der Waals surface area contributed by atoms with Crippen molar-refractivity contribution in [2.24, 2.45) is 0 Å². The van der Waals surface area contributed by atoms with Gasteiger partial charge in [-0.15, -0.1) is 11.8 Å². The molecule has 146 valence electrons. The van der Waals surface area contributed by atoms with Crippen molar-refractivity contribution < 1.29 is 14.2 Å². The average Bonchev–Trinajstić information content (AvgIpc) is 2.71. The molecular weight excluding hydrogens is 378 g/mol. The summed E-state index contributed by atoms with van der Waals surface area (Å²) in [4.78, 5) is 8.61. The lowest BCUT2D eigenvalue weighted by Gasteiger charge is -2.13. The SMILES string of the molecule is COCCCSc1nc(N)c(C#N)c(-c2ccc(OCCOC)cn2)c1C#N. The molecule has 9 heteroatoms. The summed E-state index contributed by atoms with van der Waals surface area (Å²) in [5.74, 6) is 1.35. The van der Waals surface area contributed by atoms with Crippen molar-refractivity contribution in [3.05, 3.63) is 29.5 Å². The number of thioether (sulfide) groups is 1. The van der Waals surface area contributed by atoms with E-state index < -0.39 is 0 Å².